The van der Waals surface area contributed by atoms with Crippen LogP contribution in [0.15, 0.2) is 51.8 Å². The van der Waals surface area contributed by atoms with Gasteiger partial charge in [-0.3, -0.25) is 9.00 Å². The summed E-state index contributed by atoms with van der Waals surface area (Å²) in [5.74, 6) is -0.980. The smallest absolute Gasteiger partial charge is 0.175 e. The molecule has 0 aliphatic rings. The second-order valence-corrected chi connectivity index (χ2v) is 6.77. The number of ketones is 1. The van der Waals surface area contributed by atoms with Gasteiger partial charge in [0.1, 0.15) is 5.82 Å². The Morgan fingerprint density at radius 3 is 2.45 bits per heavy atom. The van der Waals surface area contributed by atoms with Crippen molar-refractivity contribution in [1.82, 2.24) is 0 Å². The van der Waals surface area contributed by atoms with E-state index in [1.165, 1.54) is 12.1 Å². The molecular weight excluding hydrogens is 367 g/mol. The first kappa shape index (κ1) is 15.4. The fourth-order valence-electron chi connectivity index (χ4n) is 1.54. The molecule has 1 unspecified atom stereocenters. The van der Waals surface area contributed by atoms with Crippen molar-refractivity contribution in [3.63, 3.8) is 0 Å². The highest BCUT2D eigenvalue weighted by Gasteiger charge is 2.13. The lowest BCUT2D eigenvalue weighted by atomic mass is 10.2. The molecule has 6 heteroatoms. The summed E-state index contributed by atoms with van der Waals surface area (Å²) >= 11 is 8.90. The van der Waals surface area contributed by atoms with Gasteiger partial charge in [-0.1, -0.05) is 39.7 Å². The summed E-state index contributed by atoms with van der Waals surface area (Å²) in [6, 6.07) is 10.6. The highest BCUT2D eigenvalue weighted by atomic mass is 79.9. The van der Waals surface area contributed by atoms with E-state index in [1.807, 2.05) is 0 Å². The van der Waals surface area contributed by atoms with Gasteiger partial charge in [-0.15, -0.1) is 0 Å². The van der Waals surface area contributed by atoms with Crippen LogP contribution in [-0.2, 0) is 10.8 Å². The first-order chi connectivity index (χ1) is 9.47. The molecule has 2 rings (SSSR count). The van der Waals surface area contributed by atoms with Crippen LogP contribution in [0.3, 0.4) is 0 Å². The lowest BCUT2D eigenvalue weighted by Gasteiger charge is -2.04. The molecule has 0 saturated heterocycles. The Kier molecular flexibility index (Phi) is 5.07. The molecule has 0 aromatic heterocycles. The van der Waals surface area contributed by atoms with Crippen LogP contribution in [0.4, 0.5) is 4.39 Å². The monoisotopic (exact) mass is 374 g/mol. The molecule has 1 atom stereocenters. The molecule has 0 N–H and O–H groups in total. The molecule has 104 valence electrons. The summed E-state index contributed by atoms with van der Waals surface area (Å²) in [5.41, 5.74) is 0.481. The van der Waals surface area contributed by atoms with Crippen LogP contribution in [0.2, 0.25) is 5.02 Å². The summed E-state index contributed by atoms with van der Waals surface area (Å²) in [4.78, 5) is 12.3. The molecule has 0 bridgehead atoms. The lowest BCUT2D eigenvalue weighted by molar-refractivity contribution is 0.102. The molecule has 0 spiro atoms. The van der Waals surface area contributed by atoms with Crippen LogP contribution in [0.5, 0.6) is 0 Å². The molecular formula is C14H9BrClFO2S. The second kappa shape index (κ2) is 6.61. The molecule has 2 aromatic carbocycles. The average Bonchev–Trinajstić information content (AvgIpc) is 2.42. The third-order valence-corrected chi connectivity index (χ3v) is 4.70. The summed E-state index contributed by atoms with van der Waals surface area (Å²) in [5, 5.41) is -0.105. The van der Waals surface area contributed by atoms with Crippen molar-refractivity contribution in [3.05, 3.63) is 63.3 Å². The van der Waals surface area contributed by atoms with E-state index in [1.54, 1.807) is 24.3 Å². The van der Waals surface area contributed by atoms with E-state index in [2.05, 4.69) is 15.9 Å². The Morgan fingerprint density at radius 2 is 1.85 bits per heavy atom. The minimum Gasteiger partial charge on any atom is -0.293 e. The largest absolute Gasteiger partial charge is 0.293 e. The molecule has 0 aliphatic heterocycles. The summed E-state index contributed by atoms with van der Waals surface area (Å²) in [7, 11) is -1.55. The topological polar surface area (TPSA) is 34.1 Å². The Bertz CT molecular complexity index is 673. The minimum atomic E-state index is -1.55. The molecule has 0 radical (unpaired) electrons. The Balaban J connectivity index is 2.13. The van der Waals surface area contributed by atoms with Crippen molar-refractivity contribution >= 4 is 44.1 Å². The molecule has 0 fully saturated rings. The van der Waals surface area contributed by atoms with Gasteiger partial charge in [0.15, 0.2) is 5.78 Å². The van der Waals surface area contributed by atoms with Crippen molar-refractivity contribution in [2.75, 3.05) is 5.75 Å². The van der Waals surface area contributed by atoms with E-state index in [9.17, 15) is 13.4 Å². The van der Waals surface area contributed by atoms with Gasteiger partial charge in [-0.25, -0.2) is 4.39 Å². The van der Waals surface area contributed by atoms with Crippen molar-refractivity contribution in [2.45, 2.75) is 4.90 Å². The van der Waals surface area contributed by atoms with E-state index < -0.39 is 16.6 Å². The van der Waals surface area contributed by atoms with Gasteiger partial charge in [-0.05, 0) is 30.3 Å². The van der Waals surface area contributed by atoms with E-state index in [0.29, 0.717) is 10.5 Å². The second-order valence-electron chi connectivity index (χ2n) is 4.00. The van der Waals surface area contributed by atoms with Gasteiger partial charge >= 0.3 is 0 Å². The van der Waals surface area contributed by atoms with Gasteiger partial charge in [-0.2, -0.15) is 0 Å². The molecule has 2 nitrogen and oxygen atoms in total. The Hall–Kier alpha value is -1.04. The predicted molar refractivity (Wildman–Crippen MR) is 81.2 cm³/mol. The molecule has 0 saturated carbocycles. The van der Waals surface area contributed by atoms with Crippen LogP contribution >= 0.6 is 27.5 Å². The van der Waals surface area contributed by atoms with Gasteiger partial charge in [0.25, 0.3) is 0 Å². The molecule has 0 heterocycles. The van der Waals surface area contributed by atoms with Crippen molar-refractivity contribution < 1.29 is 13.4 Å². The number of halogens is 3. The van der Waals surface area contributed by atoms with E-state index in [4.69, 9.17) is 11.6 Å². The Morgan fingerprint density at radius 1 is 1.20 bits per heavy atom. The van der Waals surface area contributed by atoms with E-state index >= 15 is 0 Å². The average molecular weight is 376 g/mol. The Labute approximate surface area is 131 Å². The highest BCUT2D eigenvalue weighted by Crippen LogP contribution is 2.19. The van der Waals surface area contributed by atoms with Gasteiger partial charge < -0.3 is 0 Å². The number of hydrogen-bond donors (Lipinski definition) is 0. The first-order valence-electron chi connectivity index (χ1n) is 5.59. The van der Waals surface area contributed by atoms with E-state index in [0.717, 1.165) is 10.5 Å². The fourth-order valence-corrected chi connectivity index (χ4v) is 3.09. The number of carbonyl (C=O) groups is 1. The molecule has 20 heavy (non-hydrogen) atoms. The van der Waals surface area contributed by atoms with Gasteiger partial charge in [0.05, 0.1) is 21.6 Å². The van der Waals surface area contributed by atoms with Crippen molar-refractivity contribution in [3.8, 4) is 0 Å². The van der Waals surface area contributed by atoms with Crippen molar-refractivity contribution in [1.29, 1.82) is 0 Å². The zero-order chi connectivity index (χ0) is 14.7. The van der Waals surface area contributed by atoms with E-state index in [-0.39, 0.29) is 16.6 Å². The van der Waals surface area contributed by atoms with Crippen molar-refractivity contribution in [2.24, 2.45) is 0 Å². The maximum atomic E-state index is 13.0. The number of rotatable bonds is 4. The van der Waals surface area contributed by atoms with Crippen LogP contribution in [0.1, 0.15) is 10.4 Å². The third-order valence-electron chi connectivity index (χ3n) is 2.58. The van der Waals surface area contributed by atoms with Crippen LogP contribution in [0.25, 0.3) is 0 Å². The summed E-state index contributed by atoms with van der Waals surface area (Å²) in [6.45, 7) is 0. The molecule has 2 aromatic rings. The zero-order valence-corrected chi connectivity index (χ0v) is 13.3. The normalized spacial score (nSPS) is 12.2. The maximum absolute atomic E-state index is 13.0. The van der Waals surface area contributed by atoms with Crippen LogP contribution in [-0.4, -0.2) is 15.7 Å². The standard InChI is InChI=1S/C14H9BrClFO2S/c15-10-3-1-9(2-4-10)14(18)8-20(19)11-5-6-13(17)12(16)7-11/h1-7H,8H2. The lowest BCUT2D eigenvalue weighted by Crippen LogP contribution is -2.11. The van der Waals surface area contributed by atoms with Gasteiger partial charge in [0.2, 0.25) is 0 Å². The summed E-state index contributed by atoms with van der Waals surface area (Å²) in [6.07, 6.45) is 0. The van der Waals surface area contributed by atoms with Crippen LogP contribution in [0, 0.1) is 5.82 Å². The SMILES string of the molecule is O=C(CS(=O)c1ccc(F)c(Cl)c1)c1ccc(Br)cc1. The van der Waals surface area contributed by atoms with Gasteiger partial charge in [0, 0.05) is 14.9 Å². The fraction of sp³-hybridized carbons (Fsp3) is 0.0714. The van der Waals surface area contributed by atoms with Crippen LogP contribution < -0.4 is 0 Å². The third kappa shape index (κ3) is 3.75. The molecule has 0 aliphatic carbocycles. The quantitative estimate of drug-likeness (QED) is 0.749. The molecule has 0 amide bonds. The maximum Gasteiger partial charge on any atom is 0.175 e. The predicted octanol–water partition coefficient (Wildman–Crippen LogP) is 4.23. The highest BCUT2D eigenvalue weighted by molar-refractivity contribution is 9.10. The zero-order valence-electron chi connectivity index (χ0n) is 10.1. The number of benzene rings is 2. The number of carbonyl (C=O) groups excluding carboxylic acids is 1. The first-order valence-corrected chi connectivity index (χ1v) is 8.08. The number of hydrogen-bond acceptors (Lipinski definition) is 2. The number of Topliss-reactive ketones (excluding diaryl/α,β-unsaturated/α-hetero) is 1. The minimum absolute atomic E-state index is 0.105. The summed E-state index contributed by atoms with van der Waals surface area (Å²) < 4.78 is 25.9.